The van der Waals surface area contributed by atoms with Crippen LogP contribution >= 0.6 is 11.8 Å². The van der Waals surface area contributed by atoms with Crippen molar-refractivity contribution in [2.75, 3.05) is 17.2 Å². The fourth-order valence-electron chi connectivity index (χ4n) is 2.77. The summed E-state index contributed by atoms with van der Waals surface area (Å²) in [6, 6.07) is 17.4. The Balaban J connectivity index is 1.59. The standard InChI is InChI=1S/C23H26N4OS/c1-16(2)29-23-21(12-7-17(3)26-23)22(28)27-20-10-8-19(9-11-20)25-15-13-18-6-4-5-14-24-18/h4-12,14,16,25H,13,15H2,1-3H3,(H,27,28). The number of nitrogens with zero attached hydrogens (tertiary/aromatic N) is 2. The van der Waals surface area contributed by atoms with Crippen molar-refractivity contribution in [2.45, 2.75) is 37.5 Å². The van der Waals surface area contributed by atoms with E-state index < -0.39 is 0 Å². The second kappa shape index (κ2) is 10.1. The van der Waals surface area contributed by atoms with E-state index >= 15 is 0 Å². The van der Waals surface area contributed by atoms with Crippen LogP contribution in [0.5, 0.6) is 0 Å². The summed E-state index contributed by atoms with van der Waals surface area (Å²) in [6.45, 7) is 6.92. The van der Waals surface area contributed by atoms with Crippen molar-refractivity contribution >= 4 is 29.0 Å². The van der Waals surface area contributed by atoms with Crippen molar-refractivity contribution in [3.05, 3.63) is 77.7 Å². The Morgan fingerprint density at radius 1 is 1.03 bits per heavy atom. The summed E-state index contributed by atoms with van der Waals surface area (Å²) in [5.41, 5.74) is 4.33. The van der Waals surface area contributed by atoms with Gasteiger partial charge in [-0.3, -0.25) is 9.78 Å². The highest BCUT2D eigenvalue weighted by molar-refractivity contribution is 7.99. The van der Waals surface area contributed by atoms with Gasteiger partial charge in [-0.15, -0.1) is 11.8 Å². The Bertz CT molecular complexity index is 943. The lowest BCUT2D eigenvalue weighted by molar-refractivity contribution is 0.102. The zero-order chi connectivity index (χ0) is 20.6. The van der Waals surface area contributed by atoms with Gasteiger partial charge in [0.15, 0.2) is 0 Å². The average molecular weight is 407 g/mol. The smallest absolute Gasteiger partial charge is 0.258 e. The van der Waals surface area contributed by atoms with Crippen LogP contribution in [0.4, 0.5) is 11.4 Å². The minimum Gasteiger partial charge on any atom is -0.385 e. The first-order valence-electron chi connectivity index (χ1n) is 9.71. The number of carbonyl (C=O) groups is 1. The molecule has 1 aromatic carbocycles. The maximum atomic E-state index is 12.8. The number of pyridine rings is 2. The molecule has 0 fully saturated rings. The molecule has 2 N–H and O–H groups in total. The Hall–Kier alpha value is -2.86. The van der Waals surface area contributed by atoms with Gasteiger partial charge >= 0.3 is 0 Å². The summed E-state index contributed by atoms with van der Waals surface area (Å²) in [4.78, 5) is 21.6. The van der Waals surface area contributed by atoms with Gasteiger partial charge < -0.3 is 10.6 Å². The first kappa shape index (κ1) is 20.9. The molecule has 0 bridgehead atoms. The summed E-state index contributed by atoms with van der Waals surface area (Å²) in [5.74, 6) is -0.142. The van der Waals surface area contributed by atoms with Crippen LogP contribution in [0.15, 0.2) is 65.8 Å². The zero-order valence-corrected chi connectivity index (χ0v) is 17.8. The average Bonchev–Trinajstić information content (AvgIpc) is 2.70. The molecule has 0 spiro atoms. The van der Waals surface area contributed by atoms with Crippen LogP contribution in [0.2, 0.25) is 0 Å². The molecule has 2 aromatic heterocycles. The van der Waals surface area contributed by atoms with Gasteiger partial charge in [0.05, 0.1) is 5.56 Å². The fourth-order valence-corrected chi connectivity index (χ4v) is 3.70. The number of rotatable bonds is 8. The lowest BCUT2D eigenvalue weighted by Crippen LogP contribution is -2.14. The zero-order valence-electron chi connectivity index (χ0n) is 17.0. The van der Waals surface area contributed by atoms with Gasteiger partial charge in [0, 0.05) is 47.2 Å². The van der Waals surface area contributed by atoms with E-state index in [-0.39, 0.29) is 5.91 Å². The van der Waals surface area contributed by atoms with Gasteiger partial charge in [0.2, 0.25) is 0 Å². The molecule has 0 aliphatic carbocycles. The Morgan fingerprint density at radius 3 is 2.48 bits per heavy atom. The molecule has 1 amide bonds. The lowest BCUT2D eigenvalue weighted by Gasteiger charge is -2.12. The molecular weight excluding hydrogens is 380 g/mol. The van der Waals surface area contributed by atoms with Gasteiger partial charge in [-0.1, -0.05) is 19.9 Å². The molecule has 150 valence electrons. The van der Waals surface area contributed by atoms with E-state index in [9.17, 15) is 4.79 Å². The van der Waals surface area contributed by atoms with Crippen LogP contribution in [0, 0.1) is 6.92 Å². The molecule has 0 saturated heterocycles. The Morgan fingerprint density at radius 2 is 1.79 bits per heavy atom. The molecule has 0 saturated carbocycles. The fraction of sp³-hybridized carbons (Fsp3) is 0.261. The van der Waals surface area contributed by atoms with E-state index in [0.29, 0.717) is 10.8 Å². The summed E-state index contributed by atoms with van der Waals surface area (Å²) >= 11 is 1.60. The van der Waals surface area contributed by atoms with Crippen LogP contribution in [0.1, 0.15) is 35.6 Å². The molecule has 6 heteroatoms. The third-order valence-corrected chi connectivity index (χ3v) is 5.18. The molecule has 0 atom stereocenters. The summed E-state index contributed by atoms with van der Waals surface area (Å²) < 4.78 is 0. The van der Waals surface area contributed by atoms with E-state index in [1.54, 1.807) is 11.8 Å². The summed E-state index contributed by atoms with van der Waals surface area (Å²) in [5, 5.41) is 7.47. The largest absolute Gasteiger partial charge is 0.385 e. The minimum atomic E-state index is -0.142. The molecule has 29 heavy (non-hydrogen) atoms. The number of aryl methyl sites for hydroxylation is 1. The molecule has 0 unspecified atom stereocenters. The van der Waals surface area contributed by atoms with Gasteiger partial charge in [-0.05, 0) is 55.5 Å². The molecule has 3 rings (SSSR count). The molecule has 0 aliphatic rings. The topological polar surface area (TPSA) is 66.9 Å². The normalized spacial score (nSPS) is 10.8. The van der Waals surface area contributed by atoms with Crippen LogP contribution in [-0.4, -0.2) is 27.7 Å². The van der Waals surface area contributed by atoms with Crippen molar-refractivity contribution in [2.24, 2.45) is 0 Å². The third-order valence-electron chi connectivity index (χ3n) is 4.17. The van der Waals surface area contributed by atoms with Crippen molar-refractivity contribution in [1.82, 2.24) is 9.97 Å². The lowest BCUT2D eigenvalue weighted by atomic mass is 10.2. The van der Waals surface area contributed by atoms with Crippen molar-refractivity contribution < 1.29 is 4.79 Å². The molecule has 5 nitrogen and oxygen atoms in total. The first-order chi connectivity index (χ1) is 14.0. The van der Waals surface area contributed by atoms with Crippen molar-refractivity contribution in [3.8, 4) is 0 Å². The van der Waals surface area contributed by atoms with E-state index in [2.05, 4.69) is 34.4 Å². The van der Waals surface area contributed by atoms with Gasteiger partial charge in [0.1, 0.15) is 5.03 Å². The number of hydrogen-bond donors (Lipinski definition) is 2. The minimum absolute atomic E-state index is 0.142. The van der Waals surface area contributed by atoms with E-state index in [1.807, 2.05) is 67.7 Å². The molecule has 3 aromatic rings. The number of anilines is 2. The number of benzene rings is 1. The highest BCUT2D eigenvalue weighted by atomic mass is 32.2. The maximum absolute atomic E-state index is 12.8. The quantitative estimate of drug-likeness (QED) is 0.504. The second-order valence-corrected chi connectivity index (χ2v) is 8.57. The molecule has 2 heterocycles. The summed E-state index contributed by atoms with van der Waals surface area (Å²) in [6.07, 6.45) is 2.66. The van der Waals surface area contributed by atoms with Crippen LogP contribution in [0.25, 0.3) is 0 Å². The molecule has 0 radical (unpaired) electrons. The van der Waals surface area contributed by atoms with Crippen LogP contribution in [0.3, 0.4) is 0 Å². The number of nitrogens with one attached hydrogen (secondary N) is 2. The predicted octanol–water partition coefficient (Wildman–Crippen LogP) is 5.19. The van der Waals surface area contributed by atoms with E-state index in [4.69, 9.17) is 0 Å². The number of carbonyl (C=O) groups excluding carboxylic acids is 1. The Labute approximate surface area is 176 Å². The van der Waals surface area contributed by atoms with Gasteiger partial charge in [0.25, 0.3) is 5.91 Å². The SMILES string of the molecule is Cc1ccc(C(=O)Nc2ccc(NCCc3ccccn3)cc2)c(SC(C)C)n1. The van der Waals surface area contributed by atoms with Gasteiger partial charge in [-0.25, -0.2) is 4.98 Å². The van der Waals surface area contributed by atoms with Crippen LogP contribution < -0.4 is 10.6 Å². The maximum Gasteiger partial charge on any atom is 0.258 e. The van der Waals surface area contributed by atoms with E-state index in [1.165, 1.54) is 0 Å². The Kier molecular flexibility index (Phi) is 7.25. The molecule has 0 aliphatic heterocycles. The third kappa shape index (κ3) is 6.32. The number of thioether (sulfide) groups is 1. The number of amides is 1. The van der Waals surface area contributed by atoms with E-state index in [0.717, 1.165) is 40.8 Å². The highest BCUT2D eigenvalue weighted by Gasteiger charge is 2.15. The number of hydrogen-bond acceptors (Lipinski definition) is 5. The first-order valence-corrected chi connectivity index (χ1v) is 10.6. The second-order valence-electron chi connectivity index (χ2n) is 7.00. The van der Waals surface area contributed by atoms with Crippen LogP contribution in [-0.2, 0) is 6.42 Å². The summed E-state index contributed by atoms with van der Waals surface area (Å²) in [7, 11) is 0. The number of aromatic nitrogens is 2. The van der Waals surface area contributed by atoms with Crippen molar-refractivity contribution in [1.29, 1.82) is 0 Å². The van der Waals surface area contributed by atoms with Gasteiger partial charge in [-0.2, -0.15) is 0 Å². The monoisotopic (exact) mass is 406 g/mol. The molecular formula is C23H26N4OS. The van der Waals surface area contributed by atoms with Crippen molar-refractivity contribution in [3.63, 3.8) is 0 Å². The predicted molar refractivity (Wildman–Crippen MR) is 121 cm³/mol. The highest BCUT2D eigenvalue weighted by Crippen LogP contribution is 2.26.